The van der Waals surface area contributed by atoms with Crippen LogP contribution in [0.5, 0.6) is 0 Å². The molecule has 1 rings (SSSR count). The highest BCUT2D eigenvalue weighted by atomic mass is 32.2. The zero-order chi connectivity index (χ0) is 8.48. The van der Waals surface area contributed by atoms with Crippen molar-refractivity contribution in [3.63, 3.8) is 0 Å². The van der Waals surface area contributed by atoms with Crippen molar-refractivity contribution in [2.75, 3.05) is 18.8 Å². The van der Waals surface area contributed by atoms with Crippen LogP contribution in [0.15, 0.2) is 0 Å². The number of hydrogen-bond acceptors (Lipinski definition) is 2. The number of nitrogens with zero attached hydrogens (tertiary/aromatic N) is 1. The van der Waals surface area contributed by atoms with Gasteiger partial charge in [0.05, 0.1) is 5.75 Å². The Bertz CT molecular complexity index is 217. The summed E-state index contributed by atoms with van der Waals surface area (Å²) in [6, 6.07) is 0. The second-order valence-electron chi connectivity index (χ2n) is 3.00. The van der Waals surface area contributed by atoms with Crippen LogP contribution >= 0.6 is 0 Å². The minimum absolute atomic E-state index is 0.277. The Morgan fingerprint density at radius 1 is 1.55 bits per heavy atom. The summed E-state index contributed by atoms with van der Waals surface area (Å²) in [5, 5.41) is 0. The fourth-order valence-electron chi connectivity index (χ4n) is 1.14. The van der Waals surface area contributed by atoms with E-state index in [0.29, 0.717) is 25.4 Å². The molecule has 4 heteroatoms. The highest BCUT2D eigenvalue weighted by Gasteiger charge is 2.31. The molecule has 1 heterocycles. The van der Waals surface area contributed by atoms with E-state index in [1.54, 1.807) is 0 Å². The quantitative estimate of drug-likeness (QED) is 0.627. The zero-order valence-corrected chi connectivity index (χ0v) is 7.60. The van der Waals surface area contributed by atoms with Gasteiger partial charge in [0, 0.05) is 13.1 Å². The molecule has 11 heavy (non-hydrogen) atoms. The molecule has 1 radical (unpaired) electrons. The van der Waals surface area contributed by atoms with E-state index in [0.717, 1.165) is 0 Å². The SMILES string of the molecule is [CH2]C1CN(S(=O)(=O)CCC)C1. The first kappa shape index (κ1) is 9.00. The molecule has 0 spiro atoms. The molecule has 3 nitrogen and oxygen atoms in total. The normalized spacial score (nSPS) is 21.6. The largest absolute Gasteiger partial charge is 0.214 e. The van der Waals surface area contributed by atoms with Crippen LogP contribution in [0.3, 0.4) is 0 Å². The van der Waals surface area contributed by atoms with Gasteiger partial charge in [-0.2, -0.15) is 0 Å². The van der Waals surface area contributed by atoms with E-state index < -0.39 is 10.0 Å². The minimum Gasteiger partial charge on any atom is -0.212 e. The van der Waals surface area contributed by atoms with Crippen molar-refractivity contribution in [3.8, 4) is 0 Å². The average molecular weight is 176 g/mol. The highest BCUT2D eigenvalue weighted by molar-refractivity contribution is 7.89. The summed E-state index contributed by atoms with van der Waals surface area (Å²) >= 11 is 0. The Hall–Kier alpha value is -0.0900. The van der Waals surface area contributed by atoms with E-state index in [2.05, 4.69) is 6.92 Å². The standard InChI is InChI=1S/C7H14NO2S/c1-3-4-11(9,10)8-5-7(2)6-8/h7H,2-6H2,1H3. The Morgan fingerprint density at radius 2 is 2.09 bits per heavy atom. The Kier molecular flexibility index (Phi) is 2.54. The third-order valence-corrected chi connectivity index (χ3v) is 3.79. The molecule has 0 aliphatic carbocycles. The van der Waals surface area contributed by atoms with Crippen LogP contribution in [0, 0.1) is 12.8 Å². The van der Waals surface area contributed by atoms with Crippen molar-refractivity contribution in [1.29, 1.82) is 0 Å². The topological polar surface area (TPSA) is 37.4 Å². The summed E-state index contributed by atoms with van der Waals surface area (Å²) in [7, 11) is -2.91. The molecule has 0 aromatic carbocycles. The fraction of sp³-hybridized carbons (Fsp3) is 0.857. The lowest BCUT2D eigenvalue weighted by molar-refractivity contribution is 0.240. The Morgan fingerprint density at radius 3 is 2.45 bits per heavy atom. The summed E-state index contributed by atoms with van der Waals surface area (Å²) in [5.41, 5.74) is 0. The summed E-state index contributed by atoms with van der Waals surface area (Å²) in [6.07, 6.45) is 0.695. The van der Waals surface area contributed by atoms with Crippen molar-refractivity contribution in [2.45, 2.75) is 13.3 Å². The molecule has 0 atom stereocenters. The van der Waals surface area contributed by atoms with E-state index >= 15 is 0 Å². The summed E-state index contributed by atoms with van der Waals surface area (Å²) in [5.74, 6) is 0.585. The molecule has 0 bridgehead atoms. The third-order valence-electron chi connectivity index (χ3n) is 1.78. The van der Waals surface area contributed by atoms with Crippen LogP contribution in [-0.2, 0) is 10.0 Å². The van der Waals surface area contributed by atoms with Gasteiger partial charge in [-0.1, -0.05) is 6.92 Å². The van der Waals surface area contributed by atoms with Gasteiger partial charge >= 0.3 is 0 Å². The fourth-order valence-corrected chi connectivity index (χ4v) is 2.79. The maximum absolute atomic E-state index is 11.3. The summed E-state index contributed by atoms with van der Waals surface area (Å²) in [6.45, 7) is 6.86. The first-order valence-corrected chi connectivity index (χ1v) is 5.48. The number of sulfonamides is 1. The van der Waals surface area contributed by atoms with Crippen LogP contribution < -0.4 is 0 Å². The summed E-state index contributed by atoms with van der Waals surface area (Å²) < 4.78 is 24.0. The molecule has 0 saturated carbocycles. The maximum Gasteiger partial charge on any atom is 0.214 e. The zero-order valence-electron chi connectivity index (χ0n) is 6.78. The van der Waals surface area contributed by atoms with Crippen LogP contribution in [0.25, 0.3) is 0 Å². The summed E-state index contributed by atoms with van der Waals surface area (Å²) in [4.78, 5) is 0. The molecule has 0 aromatic rings. The van der Waals surface area contributed by atoms with E-state index in [9.17, 15) is 8.42 Å². The van der Waals surface area contributed by atoms with E-state index in [1.165, 1.54) is 4.31 Å². The smallest absolute Gasteiger partial charge is 0.212 e. The molecular formula is C7H14NO2S. The van der Waals surface area contributed by atoms with Gasteiger partial charge < -0.3 is 0 Å². The van der Waals surface area contributed by atoms with Gasteiger partial charge in [-0.25, -0.2) is 12.7 Å². The molecule has 0 N–H and O–H groups in total. The van der Waals surface area contributed by atoms with Crippen molar-refractivity contribution in [1.82, 2.24) is 4.31 Å². The molecule has 0 amide bonds. The number of rotatable bonds is 3. The van der Waals surface area contributed by atoms with E-state index in [4.69, 9.17) is 0 Å². The van der Waals surface area contributed by atoms with Gasteiger partial charge in [-0.3, -0.25) is 0 Å². The van der Waals surface area contributed by atoms with Gasteiger partial charge in [0.2, 0.25) is 10.0 Å². The highest BCUT2D eigenvalue weighted by Crippen LogP contribution is 2.18. The third kappa shape index (κ3) is 1.93. The molecule has 1 aliphatic heterocycles. The van der Waals surface area contributed by atoms with Crippen molar-refractivity contribution in [2.24, 2.45) is 5.92 Å². The average Bonchev–Trinajstić information content (AvgIpc) is 1.81. The van der Waals surface area contributed by atoms with Gasteiger partial charge in [-0.15, -0.1) is 0 Å². The van der Waals surface area contributed by atoms with Gasteiger partial charge in [0.25, 0.3) is 0 Å². The first-order valence-electron chi connectivity index (χ1n) is 3.87. The van der Waals surface area contributed by atoms with Crippen molar-refractivity contribution >= 4 is 10.0 Å². The molecule has 0 unspecified atom stereocenters. The van der Waals surface area contributed by atoms with Crippen LogP contribution in [0.4, 0.5) is 0 Å². The van der Waals surface area contributed by atoms with Gasteiger partial charge in [0.15, 0.2) is 0 Å². The van der Waals surface area contributed by atoms with E-state index in [-0.39, 0.29) is 5.75 Å². The Balaban J connectivity index is 2.47. The molecule has 1 fully saturated rings. The van der Waals surface area contributed by atoms with Crippen LogP contribution in [0.2, 0.25) is 0 Å². The lowest BCUT2D eigenvalue weighted by Gasteiger charge is -2.35. The lowest BCUT2D eigenvalue weighted by atomic mass is 10.1. The van der Waals surface area contributed by atoms with Crippen molar-refractivity contribution in [3.05, 3.63) is 6.92 Å². The second kappa shape index (κ2) is 3.11. The second-order valence-corrected chi connectivity index (χ2v) is 5.09. The molecule has 1 saturated heterocycles. The lowest BCUT2D eigenvalue weighted by Crippen LogP contribution is -2.49. The Labute approximate surface area is 68.4 Å². The maximum atomic E-state index is 11.3. The van der Waals surface area contributed by atoms with Gasteiger partial charge in [0.1, 0.15) is 0 Å². The number of hydrogen-bond donors (Lipinski definition) is 0. The van der Waals surface area contributed by atoms with Gasteiger partial charge in [-0.05, 0) is 19.3 Å². The predicted octanol–water partition coefficient (Wildman–Crippen LogP) is 0.492. The van der Waals surface area contributed by atoms with E-state index in [1.807, 2.05) is 6.92 Å². The van der Waals surface area contributed by atoms with Crippen molar-refractivity contribution < 1.29 is 8.42 Å². The molecule has 65 valence electrons. The molecule has 1 aliphatic rings. The molecular weight excluding hydrogens is 162 g/mol. The van der Waals surface area contributed by atoms with Crippen LogP contribution in [0.1, 0.15) is 13.3 Å². The minimum atomic E-state index is -2.91. The van der Waals surface area contributed by atoms with Crippen LogP contribution in [-0.4, -0.2) is 31.6 Å². The first-order chi connectivity index (χ1) is 5.06. The molecule has 0 aromatic heterocycles. The monoisotopic (exact) mass is 176 g/mol. The predicted molar refractivity (Wildman–Crippen MR) is 44.5 cm³/mol.